The molecule has 1 aromatic rings. The predicted octanol–water partition coefficient (Wildman–Crippen LogP) is 1.93. The molecule has 1 saturated heterocycles. The highest BCUT2D eigenvalue weighted by Crippen LogP contribution is 2.18. The van der Waals surface area contributed by atoms with E-state index in [1.165, 1.54) is 0 Å². The number of rotatable bonds is 6. The fourth-order valence-corrected chi connectivity index (χ4v) is 2.98. The lowest BCUT2D eigenvalue weighted by Gasteiger charge is -2.20. The van der Waals surface area contributed by atoms with Gasteiger partial charge < -0.3 is 10.1 Å². The standard InChI is InChI=1S/C15H22N2O2S/c1-3-12(19-14-7-5-4-6-11(14)2)8-16-15(18)13-9-20-10-17-13/h4-7,12-13,17H,3,8-10H2,1-2H3,(H,16,18)/t12-,13+/m0/s1. The maximum Gasteiger partial charge on any atom is 0.238 e. The number of para-hydroxylation sites is 1. The maximum absolute atomic E-state index is 11.9. The molecule has 0 bridgehead atoms. The quantitative estimate of drug-likeness (QED) is 0.842. The average Bonchev–Trinajstić information content (AvgIpc) is 2.99. The highest BCUT2D eigenvalue weighted by molar-refractivity contribution is 7.99. The highest BCUT2D eigenvalue weighted by Gasteiger charge is 2.23. The topological polar surface area (TPSA) is 50.4 Å². The first-order valence-corrected chi connectivity index (χ1v) is 8.17. The third-order valence-electron chi connectivity index (χ3n) is 3.38. The number of benzene rings is 1. The summed E-state index contributed by atoms with van der Waals surface area (Å²) in [4.78, 5) is 11.9. The number of carbonyl (C=O) groups is 1. The van der Waals surface area contributed by atoms with Crippen molar-refractivity contribution in [3.05, 3.63) is 29.8 Å². The molecule has 0 spiro atoms. The molecule has 1 fully saturated rings. The molecule has 1 amide bonds. The van der Waals surface area contributed by atoms with E-state index in [9.17, 15) is 4.79 Å². The molecule has 0 unspecified atom stereocenters. The molecule has 0 saturated carbocycles. The van der Waals surface area contributed by atoms with Crippen molar-refractivity contribution in [3.8, 4) is 5.75 Å². The lowest BCUT2D eigenvalue weighted by molar-refractivity contribution is -0.122. The van der Waals surface area contributed by atoms with E-state index in [-0.39, 0.29) is 18.1 Å². The predicted molar refractivity (Wildman–Crippen MR) is 83.1 cm³/mol. The zero-order valence-electron chi connectivity index (χ0n) is 12.0. The minimum absolute atomic E-state index is 0.00843. The molecule has 1 aliphatic rings. The first-order chi connectivity index (χ1) is 9.70. The molecule has 0 radical (unpaired) electrons. The third-order valence-corrected chi connectivity index (χ3v) is 4.32. The van der Waals surface area contributed by atoms with E-state index >= 15 is 0 Å². The molecule has 2 N–H and O–H groups in total. The molecule has 1 heterocycles. The second-order valence-electron chi connectivity index (χ2n) is 4.93. The summed E-state index contributed by atoms with van der Waals surface area (Å²) >= 11 is 1.75. The van der Waals surface area contributed by atoms with Crippen LogP contribution in [0, 0.1) is 6.92 Å². The monoisotopic (exact) mass is 294 g/mol. The zero-order chi connectivity index (χ0) is 14.4. The van der Waals surface area contributed by atoms with Crippen LogP contribution in [0.4, 0.5) is 0 Å². The van der Waals surface area contributed by atoms with Crippen molar-refractivity contribution in [3.63, 3.8) is 0 Å². The molecule has 0 aliphatic carbocycles. The van der Waals surface area contributed by atoms with Crippen molar-refractivity contribution in [1.82, 2.24) is 10.6 Å². The second-order valence-corrected chi connectivity index (χ2v) is 5.96. The number of amides is 1. The Hall–Kier alpha value is -1.20. The van der Waals surface area contributed by atoms with Gasteiger partial charge >= 0.3 is 0 Å². The number of hydrogen-bond donors (Lipinski definition) is 2. The summed E-state index contributed by atoms with van der Waals surface area (Å²) in [5.74, 6) is 2.67. The van der Waals surface area contributed by atoms with Gasteiger partial charge in [-0.2, -0.15) is 0 Å². The molecule has 2 atom stereocenters. The summed E-state index contributed by atoms with van der Waals surface area (Å²) in [6.07, 6.45) is 0.871. The van der Waals surface area contributed by atoms with Gasteiger partial charge in [-0.1, -0.05) is 25.1 Å². The summed E-state index contributed by atoms with van der Waals surface area (Å²) in [6.45, 7) is 4.64. The largest absolute Gasteiger partial charge is 0.488 e. The summed E-state index contributed by atoms with van der Waals surface area (Å²) in [5, 5.41) is 6.14. The van der Waals surface area contributed by atoms with Gasteiger partial charge in [-0.15, -0.1) is 11.8 Å². The number of thioether (sulfide) groups is 1. The first kappa shape index (κ1) is 15.2. The van der Waals surface area contributed by atoms with E-state index in [4.69, 9.17) is 4.74 Å². The van der Waals surface area contributed by atoms with Crippen LogP contribution >= 0.6 is 11.8 Å². The van der Waals surface area contributed by atoms with Crippen LogP contribution in [0.1, 0.15) is 18.9 Å². The van der Waals surface area contributed by atoms with Crippen molar-refractivity contribution in [2.24, 2.45) is 0 Å². The fourth-order valence-electron chi connectivity index (χ4n) is 2.04. The molecular weight excluding hydrogens is 272 g/mol. The normalized spacial score (nSPS) is 19.6. The minimum Gasteiger partial charge on any atom is -0.488 e. The Morgan fingerprint density at radius 3 is 3.00 bits per heavy atom. The average molecular weight is 294 g/mol. The summed E-state index contributed by atoms with van der Waals surface area (Å²) < 4.78 is 5.97. The Bertz CT molecular complexity index is 447. The van der Waals surface area contributed by atoms with E-state index in [2.05, 4.69) is 17.6 Å². The van der Waals surface area contributed by atoms with Crippen LogP contribution < -0.4 is 15.4 Å². The highest BCUT2D eigenvalue weighted by atomic mass is 32.2. The van der Waals surface area contributed by atoms with Crippen molar-refractivity contribution in [2.75, 3.05) is 18.2 Å². The molecule has 5 heteroatoms. The van der Waals surface area contributed by atoms with Gasteiger partial charge in [0, 0.05) is 11.6 Å². The second kappa shape index (κ2) is 7.55. The van der Waals surface area contributed by atoms with Crippen LogP contribution in [0.15, 0.2) is 24.3 Å². The maximum atomic E-state index is 11.9. The van der Waals surface area contributed by atoms with E-state index < -0.39 is 0 Å². The molecule has 110 valence electrons. The van der Waals surface area contributed by atoms with Gasteiger partial charge in [-0.3, -0.25) is 10.1 Å². The van der Waals surface area contributed by atoms with Gasteiger partial charge in [-0.05, 0) is 25.0 Å². The number of hydrogen-bond acceptors (Lipinski definition) is 4. The SMILES string of the molecule is CC[C@@H](CNC(=O)[C@H]1CSCN1)Oc1ccccc1C. The van der Waals surface area contributed by atoms with E-state index in [0.717, 1.165) is 29.4 Å². The van der Waals surface area contributed by atoms with E-state index in [1.54, 1.807) is 11.8 Å². The van der Waals surface area contributed by atoms with Crippen molar-refractivity contribution in [2.45, 2.75) is 32.4 Å². The minimum atomic E-state index is -0.0593. The number of aryl methyl sites for hydroxylation is 1. The Morgan fingerprint density at radius 1 is 1.55 bits per heavy atom. The van der Waals surface area contributed by atoms with Gasteiger partial charge in [0.15, 0.2) is 0 Å². The van der Waals surface area contributed by atoms with Crippen LogP contribution in [0.3, 0.4) is 0 Å². The van der Waals surface area contributed by atoms with Gasteiger partial charge in [0.1, 0.15) is 11.9 Å². The number of ether oxygens (including phenoxy) is 1. The lowest BCUT2D eigenvalue weighted by atomic mass is 10.2. The molecule has 2 rings (SSSR count). The van der Waals surface area contributed by atoms with Crippen LogP contribution in [-0.4, -0.2) is 36.2 Å². The molecule has 4 nitrogen and oxygen atoms in total. The lowest BCUT2D eigenvalue weighted by Crippen LogP contribution is -2.45. The molecular formula is C15H22N2O2S. The van der Waals surface area contributed by atoms with Gasteiger partial charge in [0.05, 0.1) is 12.6 Å². The van der Waals surface area contributed by atoms with Gasteiger partial charge in [0.2, 0.25) is 5.91 Å². The summed E-state index contributed by atoms with van der Waals surface area (Å²) in [5.41, 5.74) is 1.12. The van der Waals surface area contributed by atoms with E-state index in [1.807, 2.05) is 31.2 Å². The van der Waals surface area contributed by atoms with Crippen LogP contribution in [0.5, 0.6) is 5.75 Å². The van der Waals surface area contributed by atoms with Crippen molar-refractivity contribution >= 4 is 17.7 Å². The first-order valence-electron chi connectivity index (χ1n) is 7.01. The van der Waals surface area contributed by atoms with Crippen LogP contribution in [0.2, 0.25) is 0 Å². The number of nitrogens with one attached hydrogen (secondary N) is 2. The number of carbonyl (C=O) groups excluding carboxylic acids is 1. The van der Waals surface area contributed by atoms with Crippen LogP contribution in [-0.2, 0) is 4.79 Å². The van der Waals surface area contributed by atoms with Crippen molar-refractivity contribution < 1.29 is 9.53 Å². The zero-order valence-corrected chi connectivity index (χ0v) is 12.8. The molecule has 1 aliphatic heterocycles. The van der Waals surface area contributed by atoms with Crippen LogP contribution in [0.25, 0.3) is 0 Å². The fraction of sp³-hybridized carbons (Fsp3) is 0.533. The Kier molecular flexibility index (Phi) is 5.73. The third kappa shape index (κ3) is 4.15. The summed E-state index contributed by atoms with van der Waals surface area (Å²) in [7, 11) is 0. The summed E-state index contributed by atoms with van der Waals surface area (Å²) in [6, 6.07) is 7.90. The van der Waals surface area contributed by atoms with Gasteiger partial charge in [-0.25, -0.2) is 0 Å². The molecule has 20 heavy (non-hydrogen) atoms. The van der Waals surface area contributed by atoms with E-state index in [0.29, 0.717) is 6.54 Å². The Labute approximate surface area is 124 Å². The Morgan fingerprint density at radius 2 is 2.35 bits per heavy atom. The molecule has 1 aromatic carbocycles. The molecule has 0 aromatic heterocycles. The smallest absolute Gasteiger partial charge is 0.238 e. The Balaban J connectivity index is 1.83. The van der Waals surface area contributed by atoms with Gasteiger partial charge in [0.25, 0.3) is 0 Å². The van der Waals surface area contributed by atoms with Crippen molar-refractivity contribution in [1.29, 1.82) is 0 Å².